The Hall–Kier alpha value is -2.65. The Morgan fingerprint density at radius 3 is 2.30 bits per heavy atom. The van der Waals surface area contributed by atoms with Gasteiger partial charge in [0.15, 0.2) is 0 Å². The Morgan fingerprint density at radius 2 is 1.52 bits per heavy atom. The largest absolute Gasteiger partial charge is 0.381 e. The Bertz CT molecular complexity index is 878. The predicted molar refractivity (Wildman–Crippen MR) is 98.8 cm³/mol. The van der Waals surface area contributed by atoms with Gasteiger partial charge in [0.2, 0.25) is 0 Å². The molecular formula is C20H16N2S. The van der Waals surface area contributed by atoms with Crippen LogP contribution in [0.2, 0.25) is 0 Å². The lowest BCUT2D eigenvalue weighted by Gasteiger charge is -2.07. The second-order valence-electron chi connectivity index (χ2n) is 5.40. The van der Waals surface area contributed by atoms with Crippen molar-refractivity contribution in [3.8, 4) is 10.6 Å². The highest BCUT2D eigenvalue weighted by atomic mass is 32.1. The molecule has 0 atom stereocenters. The lowest BCUT2D eigenvalue weighted by molar-refractivity contribution is 1.15. The molecule has 0 aliphatic carbocycles. The number of anilines is 1. The van der Waals surface area contributed by atoms with Crippen molar-refractivity contribution in [2.45, 2.75) is 6.54 Å². The number of para-hydroxylation sites is 1. The van der Waals surface area contributed by atoms with E-state index in [2.05, 4.69) is 72.0 Å². The third-order valence-corrected chi connectivity index (χ3v) is 4.85. The number of thiazole rings is 1. The van der Waals surface area contributed by atoms with Gasteiger partial charge in [0.1, 0.15) is 5.01 Å². The lowest BCUT2D eigenvalue weighted by Crippen LogP contribution is -1.98. The quantitative estimate of drug-likeness (QED) is 0.532. The molecule has 0 fully saturated rings. The van der Waals surface area contributed by atoms with Crippen LogP contribution < -0.4 is 5.32 Å². The van der Waals surface area contributed by atoms with Gasteiger partial charge in [-0.05, 0) is 42.0 Å². The minimum Gasteiger partial charge on any atom is -0.381 e. The molecule has 1 aromatic heterocycles. The Morgan fingerprint density at radius 1 is 0.783 bits per heavy atom. The Labute approximate surface area is 139 Å². The molecule has 0 aliphatic rings. The van der Waals surface area contributed by atoms with E-state index in [9.17, 15) is 0 Å². The molecule has 23 heavy (non-hydrogen) atoms. The highest BCUT2D eigenvalue weighted by molar-refractivity contribution is 7.21. The molecule has 0 spiro atoms. The normalized spacial score (nSPS) is 10.8. The number of rotatable bonds is 4. The Kier molecular flexibility index (Phi) is 3.78. The first kappa shape index (κ1) is 14.0. The van der Waals surface area contributed by atoms with Crippen molar-refractivity contribution in [2.24, 2.45) is 0 Å². The fraction of sp³-hybridized carbons (Fsp3) is 0.0500. The number of fused-ring (bicyclic) bond motifs is 1. The molecule has 112 valence electrons. The summed E-state index contributed by atoms with van der Waals surface area (Å²) in [5.74, 6) is 0. The molecule has 1 heterocycles. The summed E-state index contributed by atoms with van der Waals surface area (Å²) in [5.41, 5.74) is 4.64. The summed E-state index contributed by atoms with van der Waals surface area (Å²) >= 11 is 1.73. The molecule has 0 aliphatic heterocycles. The van der Waals surface area contributed by atoms with Gasteiger partial charge in [-0.2, -0.15) is 0 Å². The number of benzene rings is 3. The molecule has 2 nitrogen and oxygen atoms in total. The third-order valence-electron chi connectivity index (χ3n) is 3.77. The molecule has 4 rings (SSSR count). The highest BCUT2D eigenvalue weighted by Crippen LogP contribution is 2.30. The van der Waals surface area contributed by atoms with E-state index in [-0.39, 0.29) is 0 Å². The van der Waals surface area contributed by atoms with Crippen LogP contribution in [0.4, 0.5) is 5.69 Å². The zero-order valence-electron chi connectivity index (χ0n) is 12.6. The summed E-state index contributed by atoms with van der Waals surface area (Å²) in [7, 11) is 0. The van der Waals surface area contributed by atoms with Gasteiger partial charge in [0.05, 0.1) is 10.2 Å². The third kappa shape index (κ3) is 3.10. The van der Waals surface area contributed by atoms with E-state index in [0.29, 0.717) is 0 Å². The number of nitrogens with one attached hydrogen (secondary N) is 1. The molecule has 4 aromatic rings. The van der Waals surface area contributed by atoms with Gasteiger partial charge in [0, 0.05) is 17.8 Å². The first-order chi connectivity index (χ1) is 11.4. The van der Waals surface area contributed by atoms with E-state index in [0.717, 1.165) is 28.3 Å². The summed E-state index contributed by atoms with van der Waals surface area (Å²) in [4.78, 5) is 4.70. The zero-order chi connectivity index (χ0) is 15.5. The van der Waals surface area contributed by atoms with E-state index < -0.39 is 0 Å². The summed E-state index contributed by atoms with van der Waals surface area (Å²) in [6.45, 7) is 0.835. The van der Waals surface area contributed by atoms with Gasteiger partial charge in [-0.3, -0.25) is 0 Å². The van der Waals surface area contributed by atoms with Crippen molar-refractivity contribution in [3.05, 3.63) is 84.4 Å². The van der Waals surface area contributed by atoms with Crippen LogP contribution in [-0.4, -0.2) is 4.98 Å². The molecule has 3 aromatic carbocycles. The average Bonchev–Trinajstić information content (AvgIpc) is 3.05. The standard InChI is InChI=1S/C20H16N2S/c1-2-6-15(7-3-1)14-21-17-12-10-16(11-13-17)20-22-18-8-4-5-9-19(18)23-20/h1-13,21H,14H2. The SMILES string of the molecule is c1ccc(CNc2ccc(-c3nc4ccccc4s3)cc2)cc1. The summed E-state index contributed by atoms with van der Waals surface area (Å²) in [5, 5.41) is 4.52. The van der Waals surface area contributed by atoms with Crippen LogP contribution in [0.5, 0.6) is 0 Å². The fourth-order valence-electron chi connectivity index (χ4n) is 2.53. The molecule has 0 bridgehead atoms. The summed E-state index contributed by atoms with van der Waals surface area (Å²) in [6.07, 6.45) is 0. The van der Waals surface area contributed by atoms with E-state index in [1.54, 1.807) is 11.3 Å². The summed E-state index contributed by atoms with van der Waals surface area (Å²) in [6, 6.07) is 27.2. The van der Waals surface area contributed by atoms with Crippen LogP contribution in [0.1, 0.15) is 5.56 Å². The van der Waals surface area contributed by atoms with Crippen molar-refractivity contribution in [1.82, 2.24) is 4.98 Å². The number of hydrogen-bond donors (Lipinski definition) is 1. The van der Waals surface area contributed by atoms with E-state index in [1.807, 2.05) is 12.1 Å². The zero-order valence-corrected chi connectivity index (χ0v) is 13.4. The molecule has 0 unspecified atom stereocenters. The smallest absolute Gasteiger partial charge is 0.124 e. The molecule has 0 saturated carbocycles. The maximum atomic E-state index is 4.70. The molecule has 0 saturated heterocycles. The van der Waals surface area contributed by atoms with Crippen LogP contribution >= 0.6 is 11.3 Å². The summed E-state index contributed by atoms with van der Waals surface area (Å²) < 4.78 is 1.23. The molecule has 0 radical (unpaired) electrons. The van der Waals surface area contributed by atoms with Gasteiger partial charge in [-0.1, -0.05) is 42.5 Å². The Balaban J connectivity index is 1.51. The monoisotopic (exact) mass is 316 g/mol. The first-order valence-electron chi connectivity index (χ1n) is 7.62. The maximum absolute atomic E-state index is 4.70. The van der Waals surface area contributed by atoms with Crippen molar-refractivity contribution >= 4 is 27.2 Å². The highest BCUT2D eigenvalue weighted by Gasteiger charge is 2.05. The molecule has 3 heteroatoms. The molecule has 1 N–H and O–H groups in total. The van der Waals surface area contributed by atoms with E-state index in [4.69, 9.17) is 4.98 Å². The first-order valence-corrected chi connectivity index (χ1v) is 8.44. The van der Waals surface area contributed by atoms with Crippen LogP contribution in [0.3, 0.4) is 0 Å². The minimum atomic E-state index is 0.835. The second kappa shape index (κ2) is 6.23. The second-order valence-corrected chi connectivity index (χ2v) is 6.43. The number of nitrogens with zero attached hydrogens (tertiary/aromatic N) is 1. The molecule has 0 amide bonds. The number of aromatic nitrogens is 1. The minimum absolute atomic E-state index is 0.835. The maximum Gasteiger partial charge on any atom is 0.124 e. The van der Waals surface area contributed by atoms with Crippen molar-refractivity contribution in [3.63, 3.8) is 0 Å². The van der Waals surface area contributed by atoms with Crippen molar-refractivity contribution in [1.29, 1.82) is 0 Å². The topological polar surface area (TPSA) is 24.9 Å². The van der Waals surface area contributed by atoms with Crippen molar-refractivity contribution in [2.75, 3.05) is 5.32 Å². The van der Waals surface area contributed by atoms with Crippen LogP contribution in [0.15, 0.2) is 78.9 Å². The van der Waals surface area contributed by atoms with Gasteiger partial charge >= 0.3 is 0 Å². The van der Waals surface area contributed by atoms with Crippen LogP contribution in [0, 0.1) is 0 Å². The van der Waals surface area contributed by atoms with Crippen LogP contribution in [0.25, 0.3) is 20.8 Å². The van der Waals surface area contributed by atoms with Crippen LogP contribution in [-0.2, 0) is 6.54 Å². The van der Waals surface area contributed by atoms with Gasteiger partial charge < -0.3 is 5.32 Å². The number of hydrogen-bond acceptors (Lipinski definition) is 3. The van der Waals surface area contributed by atoms with Gasteiger partial charge in [-0.25, -0.2) is 4.98 Å². The molecular weight excluding hydrogens is 300 g/mol. The average molecular weight is 316 g/mol. The lowest BCUT2D eigenvalue weighted by atomic mass is 10.2. The van der Waals surface area contributed by atoms with Crippen molar-refractivity contribution < 1.29 is 0 Å². The van der Waals surface area contributed by atoms with Gasteiger partial charge in [-0.15, -0.1) is 11.3 Å². The van der Waals surface area contributed by atoms with Gasteiger partial charge in [0.25, 0.3) is 0 Å². The van der Waals surface area contributed by atoms with E-state index >= 15 is 0 Å². The predicted octanol–water partition coefficient (Wildman–Crippen LogP) is 5.58. The van der Waals surface area contributed by atoms with E-state index in [1.165, 1.54) is 10.3 Å². The fourth-order valence-corrected chi connectivity index (χ4v) is 3.50.